The Kier molecular flexibility index (Phi) is 3.29. The van der Waals surface area contributed by atoms with Crippen molar-refractivity contribution in [1.29, 1.82) is 0 Å². The van der Waals surface area contributed by atoms with Crippen LogP contribution >= 0.6 is 0 Å². The fourth-order valence-electron chi connectivity index (χ4n) is 1.38. The largest absolute Gasteiger partial charge is 0.372 e. The molecule has 0 amide bonds. The highest BCUT2D eigenvalue weighted by atomic mass is 19.1. The van der Waals surface area contributed by atoms with Gasteiger partial charge in [0.05, 0.1) is 0 Å². The molecule has 2 heteroatoms. The van der Waals surface area contributed by atoms with Crippen molar-refractivity contribution in [2.75, 3.05) is 25.2 Å². The summed E-state index contributed by atoms with van der Waals surface area (Å²) in [5.74, 6) is 0. The summed E-state index contributed by atoms with van der Waals surface area (Å²) in [7, 11) is 1.92. The molecule has 0 unspecified atom stereocenters. The summed E-state index contributed by atoms with van der Waals surface area (Å²) in [5.41, 5.74) is 3.53. The Balaban J connectivity index is 2.91. The molecule has 0 N–H and O–H groups in total. The highest BCUT2D eigenvalue weighted by Crippen LogP contribution is 2.19. The lowest BCUT2D eigenvalue weighted by molar-refractivity contribution is 0.497. The van der Waals surface area contributed by atoms with E-state index < -0.39 is 0 Å². The van der Waals surface area contributed by atoms with Gasteiger partial charge in [-0.1, -0.05) is 12.1 Å². The molecule has 0 saturated carbocycles. The van der Waals surface area contributed by atoms with Gasteiger partial charge in [0.25, 0.3) is 0 Å². The third-order valence-electron chi connectivity index (χ3n) is 2.20. The number of hydrogen-bond donors (Lipinski definition) is 0. The van der Waals surface area contributed by atoms with Gasteiger partial charge in [0, 0.05) is 19.3 Å². The van der Waals surface area contributed by atoms with Crippen molar-refractivity contribution < 1.29 is 4.39 Å². The molecule has 13 heavy (non-hydrogen) atoms. The Morgan fingerprint density at radius 3 is 2.62 bits per heavy atom. The molecule has 0 spiro atoms. The van der Waals surface area contributed by atoms with Crippen LogP contribution in [0, 0.1) is 13.8 Å². The lowest BCUT2D eigenvalue weighted by Crippen LogP contribution is -2.20. The molecule has 0 aliphatic rings. The van der Waals surface area contributed by atoms with Gasteiger partial charge in [-0.05, 0) is 31.0 Å². The molecule has 0 fully saturated rings. The molecular weight excluding hydrogens is 165 g/mol. The average Bonchev–Trinajstić information content (AvgIpc) is 2.09. The van der Waals surface area contributed by atoms with Crippen LogP contribution in [0.25, 0.3) is 0 Å². The van der Waals surface area contributed by atoms with Gasteiger partial charge < -0.3 is 4.90 Å². The first-order chi connectivity index (χ1) is 6.15. The van der Waals surface area contributed by atoms with E-state index >= 15 is 0 Å². The molecule has 0 saturated heterocycles. The summed E-state index contributed by atoms with van der Waals surface area (Å²) in [5, 5.41) is 0. The number of nitrogens with zero attached hydrogens (tertiary/aromatic N) is 1. The van der Waals surface area contributed by atoms with Crippen LogP contribution < -0.4 is 4.90 Å². The van der Waals surface area contributed by atoms with E-state index in [9.17, 15) is 4.39 Å². The molecule has 1 nitrogen and oxygen atoms in total. The van der Waals surface area contributed by atoms with Gasteiger partial charge >= 0.3 is 0 Å². The summed E-state index contributed by atoms with van der Waals surface area (Å²) in [6.07, 6.45) is 0. The predicted octanol–water partition coefficient (Wildman–Crippen LogP) is 2.71. The predicted molar refractivity (Wildman–Crippen MR) is 55.2 cm³/mol. The molecule has 1 aromatic rings. The molecule has 0 aliphatic heterocycles. The molecule has 0 aliphatic carbocycles. The van der Waals surface area contributed by atoms with Gasteiger partial charge in [0.15, 0.2) is 0 Å². The summed E-state index contributed by atoms with van der Waals surface area (Å²) in [6, 6.07) is 6.23. The number of rotatable bonds is 3. The van der Waals surface area contributed by atoms with Crippen LogP contribution in [0.4, 0.5) is 10.1 Å². The molecule has 72 valence electrons. The summed E-state index contributed by atoms with van der Waals surface area (Å²) < 4.78 is 12.1. The van der Waals surface area contributed by atoms with E-state index in [2.05, 4.69) is 18.2 Å². The lowest BCUT2D eigenvalue weighted by Gasteiger charge is -2.20. The van der Waals surface area contributed by atoms with Crippen molar-refractivity contribution in [3.63, 3.8) is 0 Å². The van der Waals surface area contributed by atoms with Crippen LogP contribution in [0.1, 0.15) is 11.1 Å². The van der Waals surface area contributed by atoms with E-state index in [0.29, 0.717) is 6.54 Å². The second-order valence-corrected chi connectivity index (χ2v) is 3.40. The van der Waals surface area contributed by atoms with Crippen LogP contribution in [0.3, 0.4) is 0 Å². The van der Waals surface area contributed by atoms with Gasteiger partial charge in [-0.3, -0.25) is 0 Å². The quantitative estimate of drug-likeness (QED) is 0.693. The van der Waals surface area contributed by atoms with Gasteiger partial charge in [-0.15, -0.1) is 0 Å². The molecule has 0 heterocycles. The van der Waals surface area contributed by atoms with E-state index in [4.69, 9.17) is 0 Å². The normalized spacial score (nSPS) is 10.2. The van der Waals surface area contributed by atoms with Crippen molar-refractivity contribution in [2.24, 2.45) is 0 Å². The Bertz CT molecular complexity index is 283. The van der Waals surface area contributed by atoms with Gasteiger partial charge in [0.1, 0.15) is 6.67 Å². The van der Waals surface area contributed by atoms with Gasteiger partial charge in [-0.25, -0.2) is 4.39 Å². The summed E-state index contributed by atoms with van der Waals surface area (Å²) in [4.78, 5) is 1.95. The lowest BCUT2D eigenvalue weighted by atomic mass is 10.1. The second-order valence-electron chi connectivity index (χ2n) is 3.40. The van der Waals surface area contributed by atoms with E-state index in [1.54, 1.807) is 0 Å². The van der Waals surface area contributed by atoms with Crippen molar-refractivity contribution in [2.45, 2.75) is 13.8 Å². The maximum Gasteiger partial charge on any atom is 0.107 e. The van der Waals surface area contributed by atoms with Crippen molar-refractivity contribution in [3.05, 3.63) is 29.3 Å². The number of alkyl halides is 1. The number of benzene rings is 1. The SMILES string of the molecule is Cc1ccc(C)c(N(C)CCF)c1. The highest BCUT2D eigenvalue weighted by Gasteiger charge is 2.03. The van der Waals surface area contributed by atoms with E-state index in [0.717, 1.165) is 5.69 Å². The molecular formula is C11H16FN. The Morgan fingerprint density at radius 1 is 1.31 bits per heavy atom. The zero-order valence-corrected chi connectivity index (χ0v) is 8.47. The molecule has 1 aromatic carbocycles. The molecule has 0 radical (unpaired) electrons. The number of anilines is 1. The van der Waals surface area contributed by atoms with Crippen LogP contribution in [-0.2, 0) is 0 Å². The van der Waals surface area contributed by atoms with Crippen LogP contribution in [0.15, 0.2) is 18.2 Å². The van der Waals surface area contributed by atoms with Crippen LogP contribution in [0.2, 0.25) is 0 Å². The van der Waals surface area contributed by atoms with Gasteiger partial charge in [0.2, 0.25) is 0 Å². The minimum Gasteiger partial charge on any atom is -0.372 e. The third-order valence-corrected chi connectivity index (χ3v) is 2.20. The monoisotopic (exact) mass is 181 g/mol. The van der Waals surface area contributed by atoms with E-state index in [1.165, 1.54) is 11.1 Å². The summed E-state index contributed by atoms with van der Waals surface area (Å²) in [6.45, 7) is 4.25. The summed E-state index contributed by atoms with van der Waals surface area (Å²) >= 11 is 0. The maximum absolute atomic E-state index is 12.1. The number of aryl methyl sites for hydroxylation is 2. The first-order valence-electron chi connectivity index (χ1n) is 4.49. The first-order valence-corrected chi connectivity index (χ1v) is 4.49. The van der Waals surface area contributed by atoms with Crippen molar-refractivity contribution in [3.8, 4) is 0 Å². The highest BCUT2D eigenvalue weighted by molar-refractivity contribution is 5.54. The minimum atomic E-state index is -0.302. The molecule has 1 rings (SSSR count). The van der Waals surface area contributed by atoms with E-state index in [1.807, 2.05) is 25.8 Å². The average molecular weight is 181 g/mol. The van der Waals surface area contributed by atoms with Crippen molar-refractivity contribution in [1.82, 2.24) is 0 Å². The van der Waals surface area contributed by atoms with Crippen LogP contribution in [0.5, 0.6) is 0 Å². The van der Waals surface area contributed by atoms with Gasteiger partial charge in [-0.2, -0.15) is 0 Å². The van der Waals surface area contributed by atoms with Crippen LogP contribution in [-0.4, -0.2) is 20.3 Å². The smallest absolute Gasteiger partial charge is 0.107 e. The fraction of sp³-hybridized carbons (Fsp3) is 0.455. The molecule has 0 bridgehead atoms. The third kappa shape index (κ3) is 2.44. The zero-order chi connectivity index (χ0) is 9.84. The Morgan fingerprint density at radius 2 is 2.00 bits per heavy atom. The fourth-order valence-corrected chi connectivity index (χ4v) is 1.38. The molecule has 0 aromatic heterocycles. The van der Waals surface area contributed by atoms with E-state index in [-0.39, 0.29) is 6.67 Å². The minimum absolute atomic E-state index is 0.302. The second kappa shape index (κ2) is 4.26. The Hall–Kier alpha value is -1.05. The maximum atomic E-state index is 12.1. The first kappa shape index (κ1) is 10.0. The number of halogens is 1. The molecule has 0 atom stereocenters. The zero-order valence-electron chi connectivity index (χ0n) is 8.47. The topological polar surface area (TPSA) is 3.24 Å². The number of hydrogen-bond acceptors (Lipinski definition) is 1. The Labute approximate surface area is 79.2 Å². The van der Waals surface area contributed by atoms with Crippen molar-refractivity contribution >= 4 is 5.69 Å². The standard InChI is InChI=1S/C11H16FN/c1-9-4-5-10(2)11(8-9)13(3)7-6-12/h4-5,8H,6-7H2,1-3H3.